The van der Waals surface area contributed by atoms with E-state index in [4.69, 9.17) is 18.9 Å². The van der Waals surface area contributed by atoms with Crippen LogP contribution >= 0.6 is 0 Å². The van der Waals surface area contributed by atoms with Crippen molar-refractivity contribution in [3.8, 4) is 28.7 Å². The van der Waals surface area contributed by atoms with Gasteiger partial charge in [-0.2, -0.15) is 0 Å². The molecule has 2 atom stereocenters. The topological polar surface area (TPSA) is 122 Å². The molecular weight excluding hydrogens is 672 g/mol. The highest BCUT2D eigenvalue weighted by Crippen LogP contribution is 2.43. The van der Waals surface area contributed by atoms with Crippen LogP contribution in [0.2, 0.25) is 0 Å². The van der Waals surface area contributed by atoms with Crippen LogP contribution in [0.5, 0.6) is 28.7 Å². The van der Waals surface area contributed by atoms with E-state index >= 15 is 0 Å². The number of carbonyl (C=O) groups excluding carboxylic acids is 2. The number of anilines is 2. The van der Waals surface area contributed by atoms with E-state index in [0.29, 0.717) is 69.5 Å². The summed E-state index contributed by atoms with van der Waals surface area (Å²) in [6, 6.07) is 27.3. The number of rotatable bonds is 8. The summed E-state index contributed by atoms with van der Waals surface area (Å²) in [6.45, 7) is 0.187. The number of aromatic hydroxyl groups is 1. The van der Waals surface area contributed by atoms with E-state index < -0.39 is 0 Å². The third kappa shape index (κ3) is 5.61. The van der Waals surface area contributed by atoms with Crippen molar-refractivity contribution in [1.82, 2.24) is 0 Å². The SMILES string of the molecule is COc1cc2c(cc1OCc1cc(O)cc(COc3cc4c(cc3OC)C(=O)N3c5ccccc5C[C@H]3C=N4)c1)N=CC1Cc3ccccc3N1C2=O. The van der Waals surface area contributed by atoms with Gasteiger partial charge < -0.3 is 24.1 Å². The number of benzene rings is 5. The lowest BCUT2D eigenvalue weighted by atomic mass is 10.1. The minimum absolute atomic E-state index is 0.0413. The molecule has 1 unspecified atom stereocenters. The van der Waals surface area contributed by atoms with Gasteiger partial charge in [-0.05, 0) is 64.7 Å². The molecule has 264 valence electrons. The van der Waals surface area contributed by atoms with Gasteiger partial charge in [-0.3, -0.25) is 29.4 Å². The molecule has 0 bridgehead atoms. The standard InChI is InChI=1S/C42H34N4O7/c1-50-37-16-31-33(43-20-28-14-26-7-3-5-9-35(26)45(28)41(31)48)18-39(37)52-22-24-11-25(13-30(47)12-24)23-53-40-19-34-32(17-38(40)51-2)42(49)46-29(21-44-34)15-27-8-4-6-10-36(27)46/h3-13,16-21,28-29,47H,14-15,22-23H2,1-2H3/t28-,29?/m0/s1. The number of para-hydroxylation sites is 2. The Hall–Kier alpha value is -6.62. The highest BCUT2D eigenvalue weighted by atomic mass is 16.5. The average Bonchev–Trinajstić information content (AvgIpc) is 3.67. The average molecular weight is 707 g/mol. The molecule has 9 rings (SSSR count). The number of carbonyl (C=O) groups is 2. The van der Waals surface area contributed by atoms with E-state index in [9.17, 15) is 14.7 Å². The Balaban J connectivity index is 0.924. The third-order valence-electron chi connectivity index (χ3n) is 10.1. The number of phenolic OH excluding ortho intramolecular Hbond substituents is 1. The monoisotopic (exact) mass is 706 g/mol. The summed E-state index contributed by atoms with van der Waals surface area (Å²) in [4.78, 5) is 40.5. The van der Waals surface area contributed by atoms with Gasteiger partial charge in [-0.15, -0.1) is 0 Å². The molecule has 2 amide bonds. The quantitative estimate of drug-likeness (QED) is 0.182. The zero-order valence-electron chi connectivity index (χ0n) is 29.0. The highest BCUT2D eigenvalue weighted by molar-refractivity contribution is 6.15. The molecule has 0 radical (unpaired) electrons. The predicted octanol–water partition coefficient (Wildman–Crippen LogP) is 7.14. The number of nitrogens with zero attached hydrogens (tertiary/aromatic N) is 4. The minimum Gasteiger partial charge on any atom is -0.508 e. The number of hydrogen-bond donors (Lipinski definition) is 1. The Morgan fingerprint density at radius 3 is 1.53 bits per heavy atom. The van der Waals surface area contributed by atoms with Crippen LogP contribution in [0.3, 0.4) is 0 Å². The molecule has 0 saturated heterocycles. The predicted molar refractivity (Wildman–Crippen MR) is 201 cm³/mol. The zero-order valence-corrected chi connectivity index (χ0v) is 29.0. The number of aliphatic imine (C=N–C) groups is 2. The van der Waals surface area contributed by atoms with E-state index in [1.54, 1.807) is 46.2 Å². The van der Waals surface area contributed by atoms with Crippen molar-refractivity contribution in [3.05, 3.63) is 124 Å². The lowest BCUT2D eigenvalue weighted by Crippen LogP contribution is -2.37. The molecule has 11 nitrogen and oxygen atoms in total. The van der Waals surface area contributed by atoms with Crippen LogP contribution in [0.15, 0.2) is 101 Å². The van der Waals surface area contributed by atoms with Gasteiger partial charge in [-0.25, -0.2) is 0 Å². The van der Waals surface area contributed by atoms with E-state index in [1.165, 1.54) is 14.2 Å². The van der Waals surface area contributed by atoms with Crippen molar-refractivity contribution in [2.75, 3.05) is 24.0 Å². The van der Waals surface area contributed by atoms with Gasteiger partial charge in [0.25, 0.3) is 11.8 Å². The second-order valence-electron chi connectivity index (χ2n) is 13.3. The van der Waals surface area contributed by atoms with Crippen LogP contribution in [0.25, 0.3) is 0 Å². The Morgan fingerprint density at radius 2 is 1.08 bits per heavy atom. The fraction of sp³-hybridized carbons (Fsp3) is 0.190. The summed E-state index contributed by atoms with van der Waals surface area (Å²) in [6.07, 6.45) is 5.02. The zero-order chi connectivity index (χ0) is 36.2. The van der Waals surface area contributed by atoms with Crippen molar-refractivity contribution in [3.63, 3.8) is 0 Å². The van der Waals surface area contributed by atoms with Gasteiger partial charge in [-0.1, -0.05) is 36.4 Å². The van der Waals surface area contributed by atoms with Gasteiger partial charge in [0.15, 0.2) is 23.0 Å². The molecule has 1 N–H and O–H groups in total. The Labute approximate surface area is 305 Å². The van der Waals surface area contributed by atoms with E-state index in [2.05, 4.69) is 9.98 Å². The smallest absolute Gasteiger partial charge is 0.261 e. The van der Waals surface area contributed by atoms with Crippen LogP contribution in [-0.4, -0.2) is 55.7 Å². The van der Waals surface area contributed by atoms with Crippen molar-refractivity contribution >= 4 is 47.0 Å². The molecule has 0 saturated carbocycles. The van der Waals surface area contributed by atoms with E-state index in [-0.39, 0.29) is 42.9 Å². The summed E-state index contributed by atoms with van der Waals surface area (Å²) < 4.78 is 23.7. The van der Waals surface area contributed by atoms with Gasteiger partial charge in [0.1, 0.15) is 19.0 Å². The van der Waals surface area contributed by atoms with Crippen LogP contribution in [0.4, 0.5) is 22.7 Å². The number of methoxy groups -OCH3 is 2. The maximum atomic E-state index is 13.8. The first-order valence-corrected chi connectivity index (χ1v) is 17.3. The molecule has 4 aliphatic rings. The molecule has 5 aromatic carbocycles. The van der Waals surface area contributed by atoms with E-state index in [0.717, 1.165) is 22.5 Å². The summed E-state index contributed by atoms with van der Waals surface area (Å²) in [5.74, 6) is 1.35. The number of fused-ring (bicyclic) bond motifs is 8. The first-order valence-electron chi connectivity index (χ1n) is 17.3. The summed E-state index contributed by atoms with van der Waals surface area (Å²) >= 11 is 0. The van der Waals surface area contributed by atoms with Crippen molar-refractivity contribution in [2.45, 2.75) is 38.1 Å². The molecule has 0 fully saturated rings. The first kappa shape index (κ1) is 32.3. The molecular formula is C42H34N4O7. The summed E-state index contributed by atoms with van der Waals surface area (Å²) in [5, 5.41) is 10.6. The molecule has 0 aromatic heterocycles. The maximum absolute atomic E-state index is 13.8. The Bertz CT molecular complexity index is 2230. The van der Waals surface area contributed by atoms with Crippen molar-refractivity contribution in [1.29, 1.82) is 0 Å². The highest BCUT2D eigenvalue weighted by Gasteiger charge is 2.38. The molecule has 0 aliphatic carbocycles. The van der Waals surface area contributed by atoms with Gasteiger partial charge in [0.2, 0.25) is 0 Å². The van der Waals surface area contributed by atoms with Crippen molar-refractivity contribution in [2.24, 2.45) is 9.98 Å². The Morgan fingerprint density at radius 1 is 0.623 bits per heavy atom. The maximum Gasteiger partial charge on any atom is 0.261 e. The molecule has 0 spiro atoms. The normalized spacial score (nSPS) is 17.5. The second-order valence-corrected chi connectivity index (χ2v) is 13.3. The number of phenols is 1. The van der Waals surface area contributed by atoms with Crippen LogP contribution < -0.4 is 28.7 Å². The molecule has 4 heterocycles. The fourth-order valence-electron chi connectivity index (χ4n) is 7.61. The Kier molecular flexibility index (Phi) is 7.83. The van der Waals surface area contributed by atoms with Gasteiger partial charge >= 0.3 is 0 Å². The van der Waals surface area contributed by atoms with Gasteiger partial charge in [0.05, 0.1) is 48.8 Å². The largest absolute Gasteiger partial charge is 0.508 e. The third-order valence-corrected chi connectivity index (χ3v) is 10.1. The lowest BCUT2D eigenvalue weighted by molar-refractivity contribution is 0.0978. The van der Waals surface area contributed by atoms with Crippen LogP contribution in [-0.2, 0) is 26.1 Å². The fourth-order valence-corrected chi connectivity index (χ4v) is 7.61. The summed E-state index contributed by atoms with van der Waals surface area (Å²) in [5.41, 5.74) is 7.20. The second kappa shape index (κ2) is 12.9. The number of ether oxygens (including phenoxy) is 4. The first-order chi connectivity index (χ1) is 25.9. The number of hydrogen-bond acceptors (Lipinski definition) is 9. The number of amides is 2. The molecule has 5 aromatic rings. The molecule has 53 heavy (non-hydrogen) atoms. The van der Waals surface area contributed by atoms with Crippen molar-refractivity contribution < 1.29 is 33.6 Å². The lowest BCUT2D eigenvalue weighted by Gasteiger charge is -2.22. The van der Waals surface area contributed by atoms with E-state index in [1.807, 2.05) is 67.0 Å². The summed E-state index contributed by atoms with van der Waals surface area (Å²) in [7, 11) is 3.05. The van der Waals surface area contributed by atoms with Crippen LogP contribution in [0.1, 0.15) is 43.0 Å². The van der Waals surface area contributed by atoms with Crippen LogP contribution in [0, 0.1) is 0 Å². The molecule has 11 heteroatoms. The minimum atomic E-state index is -0.174. The van der Waals surface area contributed by atoms with Gasteiger partial charge in [0, 0.05) is 48.8 Å². The molecule has 4 aliphatic heterocycles.